The first-order valence-electron chi connectivity index (χ1n) is 12.0. The van der Waals surface area contributed by atoms with Crippen LogP contribution in [-0.2, 0) is 22.6 Å². The van der Waals surface area contributed by atoms with E-state index in [1.54, 1.807) is 0 Å². The van der Waals surface area contributed by atoms with E-state index in [2.05, 4.69) is 26.0 Å². The minimum Gasteiger partial charge on any atom is -0.507 e. The third-order valence-electron chi connectivity index (χ3n) is 7.27. The first-order valence-corrected chi connectivity index (χ1v) is 12.0. The summed E-state index contributed by atoms with van der Waals surface area (Å²) in [5.41, 5.74) is 2.54. The maximum absolute atomic E-state index is 13.4. The van der Waals surface area contributed by atoms with Crippen LogP contribution < -0.4 is 4.74 Å². The highest BCUT2D eigenvalue weighted by atomic mass is 16.5. The lowest BCUT2D eigenvalue weighted by atomic mass is 9.60. The first kappa shape index (κ1) is 24.5. The van der Waals surface area contributed by atoms with Gasteiger partial charge in [0, 0.05) is 12.0 Å². The summed E-state index contributed by atoms with van der Waals surface area (Å²) in [6.07, 6.45) is 0.995. The van der Waals surface area contributed by atoms with Gasteiger partial charge in [-0.2, -0.15) is 0 Å². The monoisotopic (exact) mass is 472 g/mol. The second kappa shape index (κ2) is 9.95. The molecule has 0 heterocycles. The lowest BCUT2D eigenvalue weighted by Gasteiger charge is -2.43. The van der Waals surface area contributed by atoms with Crippen molar-refractivity contribution in [3.63, 3.8) is 0 Å². The molecule has 0 aromatic heterocycles. The second-order valence-corrected chi connectivity index (χ2v) is 10.1. The molecule has 182 valence electrons. The van der Waals surface area contributed by atoms with Crippen molar-refractivity contribution in [3.05, 3.63) is 95.1 Å². The smallest absolute Gasteiger partial charge is 0.342 e. The average molecular weight is 473 g/mol. The summed E-state index contributed by atoms with van der Waals surface area (Å²) in [6, 6.07) is 21.8. The summed E-state index contributed by atoms with van der Waals surface area (Å²) in [5, 5.41) is 10.4. The number of carbonyl (C=O) groups is 2. The molecule has 0 saturated carbocycles. The van der Waals surface area contributed by atoms with E-state index < -0.39 is 11.4 Å². The maximum Gasteiger partial charge on any atom is 0.342 e. The van der Waals surface area contributed by atoms with Crippen LogP contribution in [0.15, 0.2) is 72.8 Å². The molecule has 0 aliphatic heterocycles. The predicted octanol–water partition coefficient (Wildman–Crippen LogP) is 6.29. The van der Waals surface area contributed by atoms with Gasteiger partial charge in [0.1, 0.15) is 23.7 Å². The molecule has 0 amide bonds. The molecule has 3 aromatic rings. The molecule has 3 aromatic carbocycles. The first-order chi connectivity index (χ1) is 16.7. The van der Waals surface area contributed by atoms with E-state index in [-0.39, 0.29) is 35.6 Å². The van der Waals surface area contributed by atoms with Gasteiger partial charge < -0.3 is 14.6 Å². The summed E-state index contributed by atoms with van der Waals surface area (Å²) >= 11 is 0. The maximum atomic E-state index is 13.4. The van der Waals surface area contributed by atoms with Crippen LogP contribution >= 0.6 is 0 Å². The Morgan fingerprint density at radius 2 is 1.66 bits per heavy atom. The Bertz CT molecular complexity index is 1210. The third kappa shape index (κ3) is 5.09. The molecule has 0 spiro atoms. The van der Waals surface area contributed by atoms with Crippen molar-refractivity contribution in [3.8, 4) is 11.5 Å². The zero-order chi connectivity index (χ0) is 25.2. The lowest BCUT2D eigenvalue weighted by Crippen LogP contribution is -2.42. The van der Waals surface area contributed by atoms with Crippen LogP contribution in [0.5, 0.6) is 11.5 Å². The minimum absolute atomic E-state index is 0.00390. The Morgan fingerprint density at radius 3 is 2.37 bits per heavy atom. The molecule has 0 fully saturated rings. The quantitative estimate of drug-likeness (QED) is 0.337. The Hall–Kier alpha value is -3.60. The van der Waals surface area contributed by atoms with Crippen LogP contribution in [0.4, 0.5) is 0 Å². The molecule has 0 saturated heterocycles. The summed E-state index contributed by atoms with van der Waals surface area (Å²) in [7, 11) is 0. The van der Waals surface area contributed by atoms with Gasteiger partial charge in [-0.3, -0.25) is 4.79 Å². The molecule has 1 aliphatic carbocycles. The van der Waals surface area contributed by atoms with Gasteiger partial charge in [-0.25, -0.2) is 4.79 Å². The predicted molar refractivity (Wildman–Crippen MR) is 134 cm³/mol. The Morgan fingerprint density at radius 1 is 0.971 bits per heavy atom. The zero-order valence-corrected chi connectivity index (χ0v) is 20.7. The normalized spacial score (nSPS) is 19.5. The number of phenols is 1. The highest BCUT2D eigenvalue weighted by molar-refractivity contribution is 5.92. The van der Waals surface area contributed by atoms with Crippen molar-refractivity contribution in [1.82, 2.24) is 0 Å². The van der Waals surface area contributed by atoms with Crippen molar-refractivity contribution < 1.29 is 24.2 Å². The van der Waals surface area contributed by atoms with E-state index in [0.29, 0.717) is 11.8 Å². The van der Waals surface area contributed by atoms with Crippen LogP contribution in [0, 0.1) is 17.3 Å². The molecule has 1 N–H and O–H groups in total. The highest BCUT2D eigenvalue weighted by Gasteiger charge is 2.46. The van der Waals surface area contributed by atoms with E-state index in [9.17, 15) is 14.7 Å². The number of phenolic OH excluding ortho intramolecular Hbond substituents is 1. The number of hydrogen-bond donors (Lipinski definition) is 1. The summed E-state index contributed by atoms with van der Waals surface area (Å²) in [6.45, 7) is 8.36. The topological polar surface area (TPSA) is 72.8 Å². The Balaban J connectivity index is 1.48. The molecule has 4 rings (SSSR count). The molecule has 0 bridgehead atoms. The van der Waals surface area contributed by atoms with Gasteiger partial charge in [0.2, 0.25) is 0 Å². The minimum atomic E-state index is -0.799. The van der Waals surface area contributed by atoms with Crippen LogP contribution in [0.3, 0.4) is 0 Å². The van der Waals surface area contributed by atoms with Gasteiger partial charge in [0.05, 0.1) is 5.41 Å². The second-order valence-electron chi connectivity index (χ2n) is 10.1. The fourth-order valence-corrected chi connectivity index (χ4v) is 5.13. The van der Waals surface area contributed by atoms with E-state index in [0.717, 1.165) is 12.0 Å². The summed E-state index contributed by atoms with van der Waals surface area (Å²) in [4.78, 5) is 25.8. The van der Waals surface area contributed by atoms with Crippen LogP contribution in [0.25, 0.3) is 0 Å². The van der Waals surface area contributed by atoms with Gasteiger partial charge in [-0.05, 0) is 60.9 Å². The number of esters is 2. The molecule has 5 heteroatoms. The van der Waals surface area contributed by atoms with E-state index >= 15 is 0 Å². The third-order valence-corrected chi connectivity index (χ3v) is 7.27. The lowest BCUT2D eigenvalue weighted by molar-refractivity contribution is -0.146. The Kier molecular flexibility index (Phi) is 6.97. The number of rotatable bonds is 6. The number of ether oxygens (including phenoxy) is 2. The average Bonchev–Trinajstić information content (AvgIpc) is 2.84. The molecule has 5 nitrogen and oxygen atoms in total. The van der Waals surface area contributed by atoms with Crippen molar-refractivity contribution in [2.75, 3.05) is 0 Å². The SMILES string of the molecule is CC1Cc2ccccc2C(C(C)(C)C(=O)Oc2ccc(C(=O)OCc3ccccc3)c(O)c2)C1C. The van der Waals surface area contributed by atoms with Gasteiger partial charge >= 0.3 is 11.9 Å². The van der Waals surface area contributed by atoms with Crippen LogP contribution in [0.1, 0.15) is 60.7 Å². The zero-order valence-electron chi connectivity index (χ0n) is 20.7. The van der Waals surface area contributed by atoms with Gasteiger partial charge in [0.15, 0.2) is 0 Å². The highest BCUT2D eigenvalue weighted by Crippen LogP contribution is 2.49. The molecular weight excluding hydrogens is 440 g/mol. The van der Waals surface area contributed by atoms with Crippen molar-refractivity contribution >= 4 is 11.9 Å². The fourth-order valence-electron chi connectivity index (χ4n) is 5.13. The van der Waals surface area contributed by atoms with E-state index in [1.807, 2.05) is 56.3 Å². The molecule has 3 atom stereocenters. The molecular formula is C30H32O5. The van der Waals surface area contributed by atoms with Crippen LogP contribution in [-0.4, -0.2) is 17.0 Å². The Labute approximate surface area is 206 Å². The molecule has 0 radical (unpaired) electrons. The van der Waals surface area contributed by atoms with Gasteiger partial charge in [0.25, 0.3) is 0 Å². The van der Waals surface area contributed by atoms with Crippen molar-refractivity contribution in [1.29, 1.82) is 0 Å². The number of carbonyl (C=O) groups excluding carboxylic acids is 2. The fraction of sp³-hybridized carbons (Fsp3) is 0.333. The van der Waals surface area contributed by atoms with Crippen LogP contribution in [0.2, 0.25) is 0 Å². The van der Waals surface area contributed by atoms with Gasteiger partial charge in [-0.15, -0.1) is 0 Å². The number of benzene rings is 3. The standard InChI is InChI=1S/C30H32O5/c1-19-16-22-12-8-9-13-24(22)27(20(19)2)30(3,4)29(33)35-23-14-15-25(26(31)17-23)28(32)34-18-21-10-6-5-7-11-21/h5-15,17,19-20,27,31H,16,18H2,1-4H3. The van der Waals surface area contributed by atoms with Crippen molar-refractivity contribution in [2.45, 2.75) is 46.6 Å². The van der Waals surface area contributed by atoms with E-state index in [4.69, 9.17) is 9.47 Å². The number of aromatic hydroxyl groups is 1. The van der Waals surface area contributed by atoms with E-state index in [1.165, 1.54) is 29.3 Å². The van der Waals surface area contributed by atoms with Crippen molar-refractivity contribution in [2.24, 2.45) is 17.3 Å². The largest absolute Gasteiger partial charge is 0.507 e. The molecule has 3 unspecified atom stereocenters. The molecule has 1 aliphatic rings. The number of fused-ring (bicyclic) bond motifs is 1. The molecule has 35 heavy (non-hydrogen) atoms. The number of hydrogen-bond acceptors (Lipinski definition) is 5. The summed E-state index contributed by atoms with van der Waals surface area (Å²) < 4.78 is 11.0. The van der Waals surface area contributed by atoms with Gasteiger partial charge in [-0.1, -0.05) is 68.4 Å². The summed E-state index contributed by atoms with van der Waals surface area (Å²) in [5.74, 6) is -0.407.